The van der Waals surface area contributed by atoms with E-state index in [2.05, 4.69) is 27.7 Å². The normalized spacial score (nSPS) is 37.2. The first-order valence-corrected chi connectivity index (χ1v) is 6.87. The molecule has 0 radical (unpaired) electrons. The summed E-state index contributed by atoms with van der Waals surface area (Å²) in [5.41, 5.74) is 6.25. The van der Waals surface area contributed by atoms with Crippen LogP contribution in [0.4, 0.5) is 0 Å². The van der Waals surface area contributed by atoms with Crippen LogP contribution in [-0.4, -0.2) is 30.0 Å². The van der Waals surface area contributed by atoms with Gasteiger partial charge in [0.1, 0.15) is 0 Å². The summed E-state index contributed by atoms with van der Waals surface area (Å²) < 4.78 is 11.8. The van der Waals surface area contributed by atoms with Crippen molar-refractivity contribution in [1.82, 2.24) is 0 Å². The van der Waals surface area contributed by atoms with Gasteiger partial charge < -0.3 is 15.2 Å². The lowest BCUT2D eigenvalue weighted by Gasteiger charge is -2.32. The van der Waals surface area contributed by atoms with Crippen LogP contribution in [0, 0.1) is 5.92 Å². The summed E-state index contributed by atoms with van der Waals surface area (Å²) in [6.45, 7) is 9.57. The third-order valence-corrected chi connectivity index (χ3v) is 4.22. The largest absolute Gasteiger partial charge is 0.378 e. The molecule has 3 unspecified atom stereocenters. The molecule has 3 nitrogen and oxygen atoms in total. The zero-order valence-corrected chi connectivity index (χ0v) is 11.7. The first-order valence-electron chi connectivity index (χ1n) is 6.87. The van der Waals surface area contributed by atoms with Gasteiger partial charge >= 0.3 is 0 Å². The van der Waals surface area contributed by atoms with Crippen molar-refractivity contribution in [3.63, 3.8) is 0 Å². The fraction of sp³-hybridized carbons (Fsp3) is 1.00. The molecule has 0 bridgehead atoms. The number of rotatable bonds is 3. The van der Waals surface area contributed by atoms with Crippen molar-refractivity contribution >= 4 is 0 Å². The van der Waals surface area contributed by atoms with Crippen molar-refractivity contribution in [2.75, 3.05) is 6.61 Å². The third kappa shape index (κ3) is 3.01. The molecule has 2 rings (SSSR count). The van der Waals surface area contributed by atoms with E-state index >= 15 is 0 Å². The molecule has 3 atom stereocenters. The van der Waals surface area contributed by atoms with Crippen LogP contribution in [0.15, 0.2) is 0 Å². The second-order valence-corrected chi connectivity index (χ2v) is 6.81. The van der Waals surface area contributed by atoms with E-state index < -0.39 is 0 Å². The van der Waals surface area contributed by atoms with Gasteiger partial charge in [-0.2, -0.15) is 0 Å². The average Bonchev–Trinajstić information content (AvgIpc) is 2.71. The van der Waals surface area contributed by atoms with Gasteiger partial charge in [0.25, 0.3) is 0 Å². The van der Waals surface area contributed by atoms with E-state index in [1.165, 1.54) is 12.8 Å². The quantitative estimate of drug-likeness (QED) is 0.825. The molecular weight excluding hydrogens is 214 g/mol. The van der Waals surface area contributed by atoms with Gasteiger partial charge in [-0.25, -0.2) is 0 Å². The van der Waals surface area contributed by atoms with Gasteiger partial charge in [-0.15, -0.1) is 0 Å². The molecule has 0 amide bonds. The first kappa shape index (κ1) is 13.3. The highest BCUT2D eigenvalue weighted by molar-refractivity contribution is 4.99. The van der Waals surface area contributed by atoms with Crippen molar-refractivity contribution in [2.24, 2.45) is 11.7 Å². The fourth-order valence-corrected chi connectivity index (χ4v) is 3.57. The van der Waals surface area contributed by atoms with E-state index in [9.17, 15) is 0 Å². The maximum Gasteiger partial charge on any atom is 0.0677 e. The fourth-order valence-electron chi connectivity index (χ4n) is 3.57. The van der Waals surface area contributed by atoms with Gasteiger partial charge in [-0.1, -0.05) is 0 Å². The molecule has 2 saturated heterocycles. The highest BCUT2D eigenvalue weighted by Crippen LogP contribution is 2.44. The van der Waals surface area contributed by atoms with Crippen LogP contribution in [0.2, 0.25) is 0 Å². The summed E-state index contributed by atoms with van der Waals surface area (Å²) in [5, 5.41) is 0. The third-order valence-electron chi connectivity index (χ3n) is 4.22. The van der Waals surface area contributed by atoms with Crippen molar-refractivity contribution in [2.45, 2.75) is 76.7 Å². The van der Waals surface area contributed by atoms with Crippen molar-refractivity contribution in [3.05, 3.63) is 0 Å². The van der Waals surface area contributed by atoms with Crippen LogP contribution in [0.1, 0.15) is 53.4 Å². The number of nitrogens with two attached hydrogens (primary N) is 1. The molecule has 2 aliphatic rings. The van der Waals surface area contributed by atoms with Crippen molar-refractivity contribution in [3.8, 4) is 0 Å². The van der Waals surface area contributed by atoms with E-state index in [-0.39, 0.29) is 17.2 Å². The number of hydrogen-bond acceptors (Lipinski definition) is 3. The zero-order valence-electron chi connectivity index (χ0n) is 11.7. The number of hydrogen-bond donors (Lipinski definition) is 1. The molecule has 0 aliphatic carbocycles. The lowest BCUT2D eigenvalue weighted by molar-refractivity contribution is -0.0777. The van der Waals surface area contributed by atoms with Crippen LogP contribution in [-0.2, 0) is 9.47 Å². The predicted molar refractivity (Wildman–Crippen MR) is 68.9 cm³/mol. The average molecular weight is 241 g/mol. The monoisotopic (exact) mass is 241 g/mol. The minimum atomic E-state index is -0.110. The molecule has 3 heteroatoms. The smallest absolute Gasteiger partial charge is 0.0677 e. The topological polar surface area (TPSA) is 44.5 Å². The predicted octanol–water partition coefficient (Wildman–Crippen LogP) is 2.48. The number of ether oxygens (including phenoxy) is 2. The molecule has 0 aromatic heterocycles. The molecule has 0 aromatic rings. The molecule has 0 spiro atoms. The molecule has 2 fully saturated rings. The lowest BCUT2D eigenvalue weighted by atomic mass is 9.80. The molecule has 2 aliphatic heterocycles. The lowest BCUT2D eigenvalue weighted by Crippen LogP contribution is -2.42. The van der Waals surface area contributed by atoms with E-state index in [4.69, 9.17) is 15.2 Å². The second kappa shape index (κ2) is 4.52. The van der Waals surface area contributed by atoms with Gasteiger partial charge in [-0.3, -0.25) is 0 Å². The summed E-state index contributed by atoms with van der Waals surface area (Å²) in [5.74, 6) is 0.432. The Balaban J connectivity index is 1.96. The molecule has 2 N–H and O–H groups in total. The minimum Gasteiger partial charge on any atom is -0.378 e. The van der Waals surface area contributed by atoms with Gasteiger partial charge in [0.2, 0.25) is 0 Å². The van der Waals surface area contributed by atoms with Gasteiger partial charge in [0.15, 0.2) is 0 Å². The maximum absolute atomic E-state index is 6.40. The van der Waals surface area contributed by atoms with Crippen molar-refractivity contribution < 1.29 is 9.47 Å². The Bertz CT molecular complexity index is 269. The Labute approximate surface area is 105 Å². The Morgan fingerprint density at radius 1 is 1.29 bits per heavy atom. The highest BCUT2D eigenvalue weighted by atomic mass is 16.5. The molecule has 100 valence electrons. The molecule has 2 heterocycles. The van der Waals surface area contributed by atoms with Crippen LogP contribution in [0.5, 0.6) is 0 Å². The van der Waals surface area contributed by atoms with Crippen LogP contribution >= 0.6 is 0 Å². The van der Waals surface area contributed by atoms with Gasteiger partial charge in [0.05, 0.1) is 17.3 Å². The highest BCUT2D eigenvalue weighted by Gasteiger charge is 2.48. The Kier molecular flexibility index (Phi) is 3.54. The standard InChI is InChI=1S/C14H27NO2/c1-13(2)9-11(14(3,4)17-13)12(15)8-10-6-5-7-16-10/h10-12H,5-9,15H2,1-4H3. The Morgan fingerprint density at radius 3 is 2.47 bits per heavy atom. The Morgan fingerprint density at radius 2 is 2.00 bits per heavy atom. The summed E-state index contributed by atoms with van der Waals surface area (Å²) in [6, 6.07) is 0.190. The molecule has 17 heavy (non-hydrogen) atoms. The van der Waals surface area contributed by atoms with Gasteiger partial charge in [-0.05, 0) is 53.4 Å². The van der Waals surface area contributed by atoms with Crippen LogP contribution in [0.25, 0.3) is 0 Å². The molecule has 0 aromatic carbocycles. The summed E-state index contributed by atoms with van der Waals surface area (Å²) in [6.07, 6.45) is 4.77. The van der Waals surface area contributed by atoms with Crippen molar-refractivity contribution in [1.29, 1.82) is 0 Å². The minimum absolute atomic E-state index is 0.0394. The molecular formula is C14H27NO2. The van der Waals surface area contributed by atoms with Gasteiger partial charge in [0, 0.05) is 18.6 Å². The SMILES string of the molecule is CC1(C)CC(C(N)CC2CCCO2)C(C)(C)O1. The van der Waals surface area contributed by atoms with E-state index in [0.29, 0.717) is 12.0 Å². The van der Waals surface area contributed by atoms with E-state index in [1.807, 2.05) is 0 Å². The molecule has 0 saturated carbocycles. The maximum atomic E-state index is 6.40. The zero-order chi connectivity index (χ0) is 12.7. The van der Waals surface area contributed by atoms with Crippen LogP contribution in [0.3, 0.4) is 0 Å². The first-order chi connectivity index (χ1) is 7.80. The van der Waals surface area contributed by atoms with E-state index in [0.717, 1.165) is 19.4 Å². The van der Waals surface area contributed by atoms with E-state index in [1.54, 1.807) is 0 Å². The summed E-state index contributed by atoms with van der Waals surface area (Å²) >= 11 is 0. The summed E-state index contributed by atoms with van der Waals surface area (Å²) in [7, 11) is 0. The van der Waals surface area contributed by atoms with Crippen LogP contribution < -0.4 is 5.73 Å². The Hall–Kier alpha value is -0.120. The second-order valence-electron chi connectivity index (χ2n) is 6.81. The summed E-state index contributed by atoms with van der Waals surface area (Å²) in [4.78, 5) is 0.